The number of fused-ring (bicyclic) bond motifs is 1. The fraction of sp³-hybridized carbons (Fsp3) is 0.625. The van der Waals surface area contributed by atoms with Crippen molar-refractivity contribution in [3.8, 4) is 0 Å². The van der Waals surface area contributed by atoms with Gasteiger partial charge in [-0.05, 0) is 61.8 Å². The summed E-state index contributed by atoms with van der Waals surface area (Å²) in [5.41, 5.74) is 9.69. The predicted octanol–water partition coefficient (Wildman–Crippen LogP) is 3.42. The van der Waals surface area contributed by atoms with Crippen LogP contribution in [0, 0.1) is 5.92 Å². The maximum atomic E-state index is 5.86. The molecule has 0 spiro atoms. The van der Waals surface area contributed by atoms with Crippen LogP contribution in [0.2, 0.25) is 0 Å². The standard InChI is InChI=1S/C16H24N2/c1-11(12-4-2-3-5-12)18-16-9-6-13-10-14(17)7-8-15(13)16/h7-8,10-12,16,18H,2-6,9,17H2,1H3/t11-,16?/m0/s1. The summed E-state index contributed by atoms with van der Waals surface area (Å²) in [6, 6.07) is 7.62. The monoisotopic (exact) mass is 244 g/mol. The smallest absolute Gasteiger partial charge is 0.0328 e. The third-order valence-electron chi connectivity index (χ3n) is 4.82. The molecule has 2 aliphatic rings. The van der Waals surface area contributed by atoms with Gasteiger partial charge in [-0.15, -0.1) is 0 Å². The summed E-state index contributed by atoms with van der Waals surface area (Å²) < 4.78 is 0. The number of hydrogen-bond donors (Lipinski definition) is 2. The Hall–Kier alpha value is -1.02. The van der Waals surface area contributed by atoms with Crippen molar-refractivity contribution >= 4 is 5.69 Å². The molecular weight excluding hydrogens is 220 g/mol. The summed E-state index contributed by atoms with van der Waals surface area (Å²) in [5.74, 6) is 0.892. The van der Waals surface area contributed by atoms with Gasteiger partial charge in [0.15, 0.2) is 0 Å². The van der Waals surface area contributed by atoms with E-state index in [1.165, 1.54) is 49.7 Å². The lowest BCUT2D eigenvalue weighted by Crippen LogP contribution is -2.34. The second-order valence-electron chi connectivity index (χ2n) is 6.05. The largest absolute Gasteiger partial charge is 0.399 e. The molecule has 0 radical (unpaired) electrons. The van der Waals surface area contributed by atoms with E-state index in [0.717, 1.165) is 11.6 Å². The normalized spacial score (nSPS) is 25.3. The van der Waals surface area contributed by atoms with Gasteiger partial charge in [-0.25, -0.2) is 0 Å². The Morgan fingerprint density at radius 1 is 1.22 bits per heavy atom. The van der Waals surface area contributed by atoms with Gasteiger partial charge in [0.1, 0.15) is 0 Å². The van der Waals surface area contributed by atoms with Crippen LogP contribution in [0.4, 0.5) is 5.69 Å². The zero-order chi connectivity index (χ0) is 12.5. The highest BCUT2D eigenvalue weighted by Crippen LogP contribution is 2.35. The number of benzene rings is 1. The number of nitrogens with two attached hydrogens (primary N) is 1. The van der Waals surface area contributed by atoms with E-state index >= 15 is 0 Å². The van der Waals surface area contributed by atoms with Gasteiger partial charge in [-0.1, -0.05) is 18.9 Å². The van der Waals surface area contributed by atoms with Crippen LogP contribution in [-0.2, 0) is 6.42 Å². The van der Waals surface area contributed by atoms with E-state index in [9.17, 15) is 0 Å². The van der Waals surface area contributed by atoms with Gasteiger partial charge in [-0.2, -0.15) is 0 Å². The Labute approximate surface area is 110 Å². The van der Waals surface area contributed by atoms with Crippen molar-refractivity contribution in [2.75, 3.05) is 5.73 Å². The Kier molecular flexibility index (Phi) is 3.29. The molecular formula is C16H24N2. The Balaban J connectivity index is 1.68. The summed E-state index contributed by atoms with van der Waals surface area (Å²) in [6.45, 7) is 2.37. The molecule has 0 amide bonds. The summed E-state index contributed by atoms with van der Waals surface area (Å²) in [7, 11) is 0. The minimum atomic E-state index is 0.552. The molecule has 0 bridgehead atoms. The lowest BCUT2D eigenvalue weighted by atomic mass is 9.98. The first kappa shape index (κ1) is 12.0. The molecule has 2 aliphatic carbocycles. The fourth-order valence-electron chi connectivity index (χ4n) is 3.72. The molecule has 18 heavy (non-hydrogen) atoms. The summed E-state index contributed by atoms with van der Waals surface area (Å²) in [4.78, 5) is 0. The van der Waals surface area contributed by atoms with Crippen molar-refractivity contribution in [1.29, 1.82) is 0 Å². The average Bonchev–Trinajstić information content (AvgIpc) is 2.98. The van der Waals surface area contributed by atoms with E-state index in [0.29, 0.717) is 12.1 Å². The summed E-state index contributed by atoms with van der Waals surface area (Å²) >= 11 is 0. The molecule has 1 aromatic rings. The van der Waals surface area contributed by atoms with Crippen LogP contribution in [0.3, 0.4) is 0 Å². The Morgan fingerprint density at radius 3 is 2.78 bits per heavy atom. The third kappa shape index (κ3) is 2.26. The minimum absolute atomic E-state index is 0.552. The highest BCUT2D eigenvalue weighted by molar-refractivity contribution is 5.47. The van der Waals surface area contributed by atoms with Gasteiger partial charge in [0.25, 0.3) is 0 Å². The highest BCUT2D eigenvalue weighted by atomic mass is 15.0. The van der Waals surface area contributed by atoms with E-state index in [1.54, 1.807) is 0 Å². The van der Waals surface area contributed by atoms with Crippen molar-refractivity contribution in [2.24, 2.45) is 5.92 Å². The molecule has 1 unspecified atom stereocenters. The zero-order valence-electron chi connectivity index (χ0n) is 11.3. The molecule has 0 heterocycles. The van der Waals surface area contributed by atoms with Crippen molar-refractivity contribution in [1.82, 2.24) is 5.32 Å². The third-order valence-corrected chi connectivity index (χ3v) is 4.82. The van der Waals surface area contributed by atoms with E-state index in [4.69, 9.17) is 5.73 Å². The van der Waals surface area contributed by atoms with Crippen LogP contribution in [0.25, 0.3) is 0 Å². The van der Waals surface area contributed by atoms with Gasteiger partial charge in [-0.3, -0.25) is 0 Å². The molecule has 1 saturated carbocycles. The Morgan fingerprint density at radius 2 is 2.00 bits per heavy atom. The first-order chi connectivity index (χ1) is 8.74. The van der Waals surface area contributed by atoms with Crippen LogP contribution >= 0.6 is 0 Å². The summed E-state index contributed by atoms with van der Waals surface area (Å²) in [5, 5.41) is 3.86. The van der Waals surface area contributed by atoms with Crippen LogP contribution in [0.15, 0.2) is 18.2 Å². The fourth-order valence-corrected chi connectivity index (χ4v) is 3.72. The van der Waals surface area contributed by atoms with E-state index in [2.05, 4.69) is 24.4 Å². The zero-order valence-corrected chi connectivity index (χ0v) is 11.3. The number of nitrogen functional groups attached to an aromatic ring is 1. The molecule has 0 aromatic heterocycles. The second-order valence-corrected chi connectivity index (χ2v) is 6.05. The quantitative estimate of drug-likeness (QED) is 0.799. The molecule has 1 fully saturated rings. The summed E-state index contributed by atoms with van der Waals surface area (Å²) in [6.07, 6.45) is 8.08. The average molecular weight is 244 g/mol. The van der Waals surface area contributed by atoms with Gasteiger partial charge >= 0.3 is 0 Å². The topological polar surface area (TPSA) is 38.0 Å². The maximum absolute atomic E-state index is 5.86. The van der Waals surface area contributed by atoms with Crippen molar-refractivity contribution in [3.63, 3.8) is 0 Å². The number of aryl methyl sites for hydroxylation is 1. The highest BCUT2D eigenvalue weighted by Gasteiger charge is 2.27. The molecule has 2 atom stereocenters. The molecule has 1 aromatic carbocycles. The van der Waals surface area contributed by atoms with E-state index in [1.807, 2.05) is 6.07 Å². The molecule has 0 saturated heterocycles. The SMILES string of the molecule is C[C@H](NC1CCc2cc(N)ccc21)C1CCCC1. The lowest BCUT2D eigenvalue weighted by molar-refractivity contribution is 0.342. The maximum Gasteiger partial charge on any atom is 0.0328 e. The van der Waals surface area contributed by atoms with E-state index < -0.39 is 0 Å². The molecule has 0 aliphatic heterocycles. The lowest BCUT2D eigenvalue weighted by Gasteiger charge is -2.25. The first-order valence-electron chi connectivity index (χ1n) is 7.38. The molecule has 3 N–H and O–H groups in total. The predicted molar refractivity (Wildman–Crippen MR) is 76.5 cm³/mol. The van der Waals surface area contributed by atoms with Crippen molar-refractivity contribution in [2.45, 2.75) is 57.5 Å². The first-order valence-corrected chi connectivity index (χ1v) is 7.38. The molecule has 2 heteroatoms. The molecule has 98 valence electrons. The van der Waals surface area contributed by atoms with Crippen LogP contribution in [0.5, 0.6) is 0 Å². The second kappa shape index (κ2) is 4.93. The van der Waals surface area contributed by atoms with Crippen molar-refractivity contribution < 1.29 is 0 Å². The molecule has 2 nitrogen and oxygen atoms in total. The van der Waals surface area contributed by atoms with Crippen LogP contribution in [-0.4, -0.2) is 6.04 Å². The van der Waals surface area contributed by atoms with Crippen LogP contribution in [0.1, 0.15) is 56.2 Å². The molecule has 3 rings (SSSR count). The van der Waals surface area contributed by atoms with Crippen molar-refractivity contribution in [3.05, 3.63) is 29.3 Å². The Bertz CT molecular complexity index is 421. The van der Waals surface area contributed by atoms with Gasteiger partial charge in [0.05, 0.1) is 0 Å². The number of anilines is 1. The van der Waals surface area contributed by atoms with Gasteiger partial charge in [0, 0.05) is 17.8 Å². The number of hydrogen-bond acceptors (Lipinski definition) is 2. The number of rotatable bonds is 3. The van der Waals surface area contributed by atoms with Gasteiger partial charge < -0.3 is 11.1 Å². The minimum Gasteiger partial charge on any atom is -0.399 e. The van der Waals surface area contributed by atoms with E-state index in [-0.39, 0.29) is 0 Å². The number of nitrogens with one attached hydrogen (secondary N) is 1. The van der Waals surface area contributed by atoms with Gasteiger partial charge in [0.2, 0.25) is 0 Å². The van der Waals surface area contributed by atoms with Crippen LogP contribution < -0.4 is 11.1 Å².